The molecule has 0 radical (unpaired) electrons. The summed E-state index contributed by atoms with van der Waals surface area (Å²) in [5, 5.41) is 5.20. The van der Waals surface area contributed by atoms with E-state index in [4.69, 9.17) is 0 Å². The van der Waals surface area contributed by atoms with Gasteiger partial charge < -0.3 is 5.32 Å². The van der Waals surface area contributed by atoms with Crippen LogP contribution in [0.25, 0.3) is 16.2 Å². The van der Waals surface area contributed by atoms with Crippen molar-refractivity contribution in [3.8, 4) is 11.3 Å². The summed E-state index contributed by atoms with van der Waals surface area (Å²) < 4.78 is 2.02. The van der Waals surface area contributed by atoms with Crippen LogP contribution in [0.3, 0.4) is 0 Å². The van der Waals surface area contributed by atoms with Crippen molar-refractivity contribution in [2.24, 2.45) is 0 Å². The van der Waals surface area contributed by atoms with Crippen LogP contribution in [0.4, 0.5) is 0 Å². The lowest BCUT2D eigenvalue weighted by Gasteiger charge is -2.22. The standard InChI is InChI=1S/C19H21N3OS/c1-13-7-9-14(10-8-13)17-16(21-19-22(17)11-12-24-19)18(23)20-15-5-3-2-4-6-15/h7-12,15H,2-6H2,1H3,(H,20,23). The largest absolute Gasteiger partial charge is 0.348 e. The second-order valence-electron chi connectivity index (χ2n) is 6.54. The molecular formula is C19H21N3OS. The van der Waals surface area contributed by atoms with E-state index in [-0.39, 0.29) is 11.9 Å². The van der Waals surface area contributed by atoms with Crippen molar-refractivity contribution in [3.63, 3.8) is 0 Å². The first-order chi connectivity index (χ1) is 11.7. The molecule has 0 atom stereocenters. The number of thiazole rings is 1. The molecule has 124 valence electrons. The van der Waals surface area contributed by atoms with Crippen LogP contribution >= 0.6 is 11.3 Å². The van der Waals surface area contributed by atoms with E-state index in [2.05, 4.69) is 41.5 Å². The Morgan fingerprint density at radius 3 is 2.71 bits per heavy atom. The molecule has 1 aliphatic rings. The molecule has 0 spiro atoms. The summed E-state index contributed by atoms with van der Waals surface area (Å²) in [5.74, 6) is -0.0478. The van der Waals surface area contributed by atoms with Crippen molar-refractivity contribution in [1.29, 1.82) is 0 Å². The first-order valence-corrected chi connectivity index (χ1v) is 9.44. The number of fused-ring (bicyclic) bond motifs is 1. The van der Waals surface area contributed by atoms with E-state index in [1.54, 1.807) is 11.3 Å². The van der Waals surface area contributed by atoms with Crippen molar-refractivity contribution in [2.75, 3.05) is 0 Å². The highest BCUT2D eigenvalue weighted by atomic mass is 32.1. The summed E-state index contributed by atoms with van der Waals surface area (Å²) in [4.78, 5) is 18.3. The van der Waals surface area contributed by atoms with E-state index in [0.717, 1.165) is 29.1 Å². The third-order valence-electron chi connectivity index (χ3n) is 4.74. The molecule has 2 heterocycles. The van der Waals surface area contributed by atoms with Gasteiger partial charge in [0.05, 0.1) is 5.69 Å². The maximum Gasteiger partial charge on any atom is 0.272 e. The first-order valence-electron chi connectivity index (χ1n) is 8.56. The molecule has 1 N–H and O–H groups in total. The molecule has 5 heteroatoms. The summed E-state index contributed by atoms with van der Waals surface area (Å²) >= 11 is 1.56. The van der Waals surface area contributed by atoms with Crippen LogP contribution in [0, 0.1) is 6.92 Å². The number of amides is 1. The van der Waals surface area contributed by atoms with Crippen LogP contribution in [-0.2, 0) is 0 Å². The van der Waals surface area contributed by atoms with Gasteiger partial charge in [-0.15, -0.1) is 11.3 Å². The van der Waals surface area contributed by atoms with Gasteiger partial charge in [0.1, 0.15) is 0 Å². The number of nitrogens with one attached hydrogen (secondary N) is 1. The molecule has 1 aliphatic carbocycles. The normalized spacial score (nSPS) is 15.7. The van der Waals surface area contributed by atoms with E-state index in [1.165, 1.54) is 24.8 Å². The van der Waals surface area contributed by atoms with Gasteiger partial charge in [0, 0.05) is 23.2 Å². The van der Waals surface area contributed by atoms with Gasteiger partial charge >= 0.3 is 0 Å². The highest BCUT2D eigenvalue weighted by molar-refractivity contribution is 7.15. The van der Waals surface area contributed by atoms with E-state index < -0.39 is 0 Å². The van der Waals surface area contributed by atoms with Crippen LogP contribution < -0.4 is 5.32 Å². The highest BCUT2D eigenvalue weighted by Gasteiger charge is 2.23. The van der Waals surface area contributed by atoms with Gasteiger partial charge in [0.15, 0.2) is 10.7 Å². The van der Waals surface area contributed by atoms with E-state index in [0.29, 0.717) is 5.69 Å². The second kappa shape index (κ2) is 6.40. The van der Waals surface area contributed by atoms with Crippen LogP contribution in [0.2, 0.25) is 0 Å². The summed E-state index contributed by atoms with van der Waals surface area (Å²) in [6, 6.07) is 8.56. The summed E-state index contributed by atoms with van der Waals surface area (Å²) in [5.41, 5.74) is 3.66. The molecule has 0 saturated heterocycles. The lowest BCUT2D eigenvalue weighted by Crippen LogP contribution is -2.36. The molecule has 2 aromatic heterocycles. The van der Waals surface area contributed by atoms with Gasteiger partial charge in [-0.2, -0.15) is 0 Å². The Hall–Kier alpha value is -2.14. The number of nitrogens with zero attached hydrogens (tertiary/aromatic N) is 2. The average Bonchev–Trinajstić information content (AvgIpc) is 3.17. The number of carbonyl (C=O) groups is 1. The molecule has 1 aromatic carbocycles. The van der Waals surface area contributed by atoms with Crippen molar-refractivity contribution < 1.29 is 4.79 Å². The smallest absolute Gasteiger partial charge is 0.272 e. The quantitative estimate of drug-likeness (QED) is 0.767. The predicted molar refractivity (Wildman–Crippen MR) is 97.6 cm³/mol. The van der Waals surface area contributed by atoms with Crippen molar-refractivity contribution in [1.82, 2.24) is 14.7 Å². The molecule has 1 saturated carbocycles. The zero-order valence-corrected chi connectivity index (χ0v) is 14.6. The predicted octanol–water partition coefficient (Wildman–Crippen LogP) is 4.43. The molecule has 4 nitrogen and oxygen atoms in total. The summed E-state index contributed by atoms with van der Waals surface area (Å²) in [6.45, 7) is 2.07. The maximum atomic E-state index is 12.9. The minimum Gasteiger partial charge on any atom is -0.348 e. The minimum absolute atomic E-state index is 0.0478. The molecule has 4 rings (SSSR count). The van der Waals surface area contributed by atoms with Gasteiger partial charge in [-0.3, -0.25) is 9.20 Å². The van der Waals surface area contributed by atoms with Crippen LogP contribution in [-0.4, -0.2) is 21.3 Å². The Morgan fingerprint density at radius 2 is 1.96 bits per heavy atom. The van der Waals surface area contributed by atoms with E-state index >= 15 is 0 Å². The Kier molecular flexibility index (Phi) is 4.10. The third kappa shape index (κ3) is 2.84. The SMILES string of the molecule is Cc1ccc(-c2c(C(=O)NC3CCCCC3)nc3sccn23)cc1. The molecule has 3 aromatic rings. The minimum atomic E-state index is -0.0478. The number of hydrogen-bond donors (Lipinski definition) is 1. The van der Waals surface area contributed by atoms with Crippen molar-refractivity contribution >= 4 is 22.2 Å². The summed E-state index contributed by atoms with van der Waals surface area (Å²) in [6.07, 6.45) is 7.82. The Labute approximate surface area is 145 Å². The molecule has 0 unspecified atom stereocenters. The highest BCUT2D eigenvalue weighted by Crippen LogP contribution is 2.28. The van der Waals surface area contributed by atoms with E-state index in [9.17, 15) is 4.79 Å². The molecule has 0 aliphatic heterocycles. The fourth-order valence-electron chi connectivity index (χ4n) is 3.43. The number of hydrogen-bond acceptors (Lipinski definition) is 3. The number of rotatable bonds is 3. The number of aryl methyl sites for hydroxylation is 1. The average molecular weight is 339 g/mol. The van der Waals surface area contributed by atoms with Crippen molar-refractivity contribution in [3.05, 3.63) is 47.1 Å². The Balaban J connectivity index is 1.71. The monoisotopic (exact) mass is 339 g/mol. The zero-order chi connectivity index (χ0) is 16.5. The topological polar surface area (TPSA) is 46.4 Å². The van der Waals surface area contributed by atoms with Gasteiger partial charge in [-0.05, 0) is 19.8 Å². The van der Waals surface area contributed by atoms with Gasteiger partial charge in [0.2, 0.25) is 0 Å². The molecular weight excluding hydrogens is 318 g/mol. The third-order valence-corrected chi connectivity index (χ3v) is 5.50. The van der Waals surface area contributed by atoms with Gasteiger partial charge in [-0.25, -0.2) is 4.98 Å². The van der Waals surface area contributed by atoms with Crippen LogP contribution in [0.1, 0.15) is 48.2 Å². The fourth-order valence-corrected chi connectivity index (χ4v) is 4.15. The lowest BCUT2D eigenvalue weighted by molar-refractivity contribution is 0.0924. The lowest BCUT2D eigenvalue weighted by atomic mass is 9.95. The second-order valence-corrected chi connectivity index (χ2v) is 7.41. The number of benzene rings is 1. The summed E-state index contributed by atoms with van der Waals surface area (Å²) in [7, 11) is 0. The Bertz CT molecular complexity index is 857. The number of aromatic nitrogens is 2. The molecule has 1 fully saturated rings. The molecule has 1 amide bonds. The van der Waals surface area contributed by atoms with Crippen LogP contribution in [0.15, 0.2) is 35.8 Å². The number of imidazole rings is 1. The fraction of sp³-hybridized carbons (Fsp3) is 0.368. The molecule has 0 bridgehead atoms. The maximum absolute atomic E-state index is 12.9. The van der Waals surface area contributed by atoms with Gasteiger partial charge in [0.25, 0.3) is 5.91 Å². The molecule has 24 heavy (non-hydrogen) atoms. The van der Waals surface area contributed by atoms with Gasteiger partial charge in [-0.1, -0.05) is 49.1 Å². The Morgan fingerprint density at radius 1 is 1.21 bits per heavy atom. The number of carbonyl (C=O) groups excluding carboxylic acids is 1. The van der Waals surface area contributed by atoms with Crippen LogP contribution in [0.5, 0.6) is 0 Å². The first kappa shape index (κ1) is 15.4. The van der Waals surface area contributed by atoms with E-state index in [1.807, 2.05) is 16.0 Å². The zero-order valence-electron chi connectivity index (χ0n) is 13.8. The van der Waals surface area contributed by atoms with Crippen molar-refractivity contribution in [2.45, 2.75) is 45.1 Å².